The van der Waals surface area contributed by atoms with Crippen molar-refractivity contribution in [1.82, 2.24) is 19.9 Å². The minimum absolute atomic E-state index is 0.157. The molecule has 8 nitrogen and oxygen atoms in total. The number of carbonyl (C=O) groups is 2. The topological polar surface area (TPSA) is 104 Å². The van der Waals surface area contributed by atoms with Crippen LogP contribution in [0.25, 0.3) is 0 Å². The van der Waals surface area contributed by atoms with Crippen LogP contribution in [-0.4, -0.2) is 45.1 Å². The van der Waals surface area contributed by atoms with Crippen molar-refractivity contribution in [2.75, 3.05) is 13.2 Å². The molecule has 0 aliphatic rings. The summed E-state index contributed by atoms with van der Waals surface area (Å²) in [5.74, 6) is -1.01. The number of hydrogen-bond donors (Lipinski definition) is 0. The minimum Gasteiger partial charge on any atom is -0.461 e. The SMILES string of the molecule is CCOC(=O)c1cnc(SSc2cnc(C(=O)OCC)cn2)cn1. The Morgan fingerprint density at radius 1 is 0.792 bits per heavy atom. The highest BCUT2D eigenvalue weighted by Gasteiger charge is 2.11. The molecule has 0 atom stereocenters. The van der Waals surface area contributed by atoms with Crippen LogP contribution in [0.3, 0.4) is 0 Å². The summed E-state index contributed by atoms with van der Waals surface area (Å²) < 4.78 is 9.67. The molecule has 0 amide bonds. The van der Waals surface area contributed by atoms with Crippen LogP contribution in [0.4, 0.5) is 0 Å². The third-order valence-electron chi connectivity index (χ3n) is 2.44. The van der Waals surface area contributed by atoms with E-state index in [0.717, 1.165) is 0 Å². The zero-order valence-electron chi connectivity index (χ0n) is 13.0. The molecule has 0 radical (unpaired) electrons. The van der Waals surface area contributed by atoms with E-state index >= 15 is 0 Å². The highest BCUT2D eigenvalue weighted by Crippen LogP contribution is 2.34. The Kier molecular flexibility index (Phi) is 6.94. The van der Waals surface area contributed by atoms with Crippen LogP contribution in [0, 0.1) is 0 Å². The van der Waals surface area contributed by atoms with E-state index < -0.39 is 11.9 Å². The van der Waals surface area contributed by atoms with Crippen LogP contribution in [0.15, 0.2) is 34.8 Å². The number of esters is 2. The van der Waals surface area contributed by atoms with E-state index in [9.17, 15) is 9.59 Å². The van der Waals surface area contributed by atoms with E-state index in [1.165, 1.54) is 46.4 Å². The summed E-state index contributed by atoms with van der Waals surface area (Å²) in [4.78, 5) is 39.2. The fourth-order valence-corrected chi connectivity index (χ4v) is 3.01. The van der Waals surface area contributed by atoms with Gasteiger partial charge in [-0.05, 0) is 35.4 Å². The summed E-state index contributed by atoms with van der Waals surface area (Å²) in [5.41, 5.74) is 0.314. The van der Waals surface area contributed by atoms with Crippen LogP contribution >= 0.6 is 21.6 Å². The van der Waals surface area contributed by atoms with Gasteiger partial charge in [-0.2, -0.15) is 0 Å². The van der Waals surface area contributed by atoms with Gasteiger partial charge in [-0.15, -0.1) is 0 Å². The fraction of sp³-hybridized carbons (Fsp3) is 0.286. The van der Waals surface area contributed by atoms with Crippen molar-refractivity contribution in [3.8, 4) is 0 Å². The number of ether oxygens (including phenoxy) is 2. The molecule has 2 heterocycles. The van der Waals surface area contributed by atoms with E-state index in [-0.39, 0.29) is 24.6 Å². The number of carbonyl (C=O) groups excluding carboxylic acids is 2. The maximum absolute atomic E-state index is 11.5. The summed E-state index contributed by atoms with van der Waals surface area (Å²) in [6.07, 6.45) is 5.67. The van der Waals surface area contributed by atoms with Gasteiger partial charge in [0.15, 0.2) is 11.4 Å². The van der Waals surface area contributed by atoms with Crippen LogP contribution < -0.4 is 0 Å². The zero-order valence-corrected chi connectivity index (χ0v) is 14.6. The first kappa shape index (κ1) is 18.1. The van der Waals surface area contributed by atoms with E-state index in [4.69, 9.17) is 9.47 Å². The Labute approximate surface area is 146 Å². The average molecular weight is 366 g/mol. The monoisotopic (exact) mass is 366 g/mol. The molecule has 126 valence electrons. The molecule has 0 unspecified atom stereocenters. The summed E-state index contributed by atoms with van der Waals surface area (Å²) in [7, 11) is 2.61. The Balaban J connectivity index is 1.91. The number of aromatic nitrogens is 4. The van der Waals surface area contributed by atoms with Crippen LogP contribution in [0.1, 0.15) is 34.8 Å². The Morgan fingerprint density at radius 3 is 1.50 bits per heavy atom. The summed E-state index contributed by atoms with van der Waals surface area (Å²) in [5, 5.41) is 1.20. The molecule has 2 rings (SSSR count). The van der Waals surface area contributed by atoms with Crippen molar-refractivity contribution in [1.29, 1.82) is 0 Å². The largest absolute Gasteiger partial charge is 0.461 e. The highest BCUT2D eigenvalue weighted by molar-refractivity contribution is 8.76. The molecule has 0 saturated carbocycles. The van der Waals surface area contributed by atoms with E-state index in [0.29, 0.717) is 10.1 Å². The van der Waals surface area contributed by atoms with Gasteiger partial charge in [-0.3, -0.25) is 0 Å². The molecule has 0 aliphatic heterocycles. The second-order valence-electron chi connectivity index (χ2n) is 4.09. The number of hydrogen-bond acceptors (Lipinski definition) is 10. The van der Waals surface area contributed by atoms with Gasteiger partial charge in [-0.1, -0.05) is 0 Å². The highest BCUT2D eigenvalue weighted by atomic mass is 33.1. The molecule has 0 bridgehead atoms. The Morgan fingerprint density at radius 2 is 1.21 bits per heavy atom. The molecule has 0 N–H and O–H groups in total. The van der Waals surface area contributed by atoms with E-state index in [1.54, 1.807) is 13.8 Å². The van der Waals surface area contributed by atoms with Crippen molar-refractivity contribution >= 4 is 33.5 Å². The van der Waals surface area contributed by atoms with Crippen molar-refractivity contribution in [2.24, 2.45) is 0 Å². The lowest BCUT2D eigenvalue weighted by Gasteiger charge is -2.03. The molecule has 0 aromatic carbocycles. The van der Waals surface area contributed by atoms with Crippen molar-refractivity contribution in [2.45, 2.75) is 23.9 Å². The fourth-order valence-electron chi connectivity index (χ4n) is 1.42. The zero-order chi connectivity index (χ0) is 17.4. The van der Waals surface area contributed by atoms with E-state index in [2.05, 4.69) is 19.9 Å². The van der Waals surface area contributed by atoms with Gasteiger partial charge in [-0.25, -0.2) is 29.5 Å². The summed E-state index contributed by atoms with van der Waals surface area (Å²) in [6, 6.07) is 0. The number of nitrogens with zero attached hydrogens (tertiary/aromatic N) is 4. The standard InChI is InChI=1S/C14H14N4O4S2/c1-3-21-13(19)9-5-17-11(7-15-9)23-24-12-8-16-10(6-18-12)14(20)22-4-2/h5-8H,3-4H2,1-2H3. The molecule has 0 saturated heterocycles. The summed E-state index contributed by atoms with van der Waals surface area (Å²) in [6.45, 7) is 4.02. The van der Waals surface area contributed by atoms with Gasteiger partial charge in [0.05, 0.1) is 38.0 Å². The average Bonchev–Trinajstić information content (AvgIpc) is 2.61. The third kappa shape index (κ3) is 5.17. The smallest absolute Gasteiger partial charge is 0.358 e. The van der Waals surface area contributed by atoms with Crippen molar-refractivity contribution in [3.63, 3.8) is 0 Å². The van der Waals surface area contributed by atoms with Gasteiger partial charge >= 0.3 is 11.9 Å². The molecule has 10 heteroatoms. The van der Waals surface area contributed by atoms with Gasteiger partial charge in [0.25, 0.3) is 0 Å². The third-order valence-corrected chi connectivity index (χ3v) is 4.56. The molecule has 24 heavy (non-hydrogen) atoms. The quantitative estimate of drug-likeness (QED) is 0.536. The van der Waals surface area contributed by atoms with Gasteiger partial charge < -0.3 is 9.47 Å². The predicted molar refractivity (Wildman–Crippen MR) is 87.7 cm³/mol. The molecule has 0 fully saturated rings. The first-order valence-electron chi connectivity index (χ1n) is 6.96. The lowest BCUT2D eigenvalue weighted by Crippen LogP contribution is -2.07. The van der Waals surface area contributed by atoms with Gasteiger partial charge in [0, 0.05) is 0 Å². The minimum atomic E-state index is -0.505. The summed E-state index contributed by atoms with van der Waals surface area (Å²) >= 11 is 0. The van der Waals surface area contributed by atoms with Gasteiger partial charge in [0.2, 0.25) is 0 Å². The number of rotatable bonds is 7. The second kappa shape index (κ2) is 9.18. The van der Waals surface area contributed by atoms with Crippen LogP contribution in [0.2, 0.25) is 0 Å². The molecular weight excluding hydrogens is 352 g/mol. The van der Waals surface area contributed by atoms with Crippen LogP contribution in [0.5, 0.6) is 0 Å². The van der Waals surface area contributed by atoms with Crippen LogP contribution in [-0.2, 0) is 9.47 Å². The van der Waals surface area contributed by atoms with Gasteiger partial charge in [0.1, 0.15) is 10.1 Å². The molecule has 0 aliphatic carbocycles. The molecule has 0 spiro atoms. The van der Waals surface area contributed by atoms with Crippen molar-refractivity contribution in [3.05, 3.63) is 36.2 Å². The maximum atomic E-state index is 11.5. The molecule has 2 aromatic heterocycles. The first-order chi connectivity index (χ1) is 11.6. The van der Waals surface area contributed by atoms with E-state index in [1.807, 2.05) is 0 Å². The molecule has 2 aromatic rings. The Bertz CT molecular complexity index is 633. The normalized spacial score (nSPS) is 10.2. The first-order valence-corrected chi connectivity index (χ1v) is 9.11. The lowest BCUT2D eigenvalue weighted by molar-refractivity contribution is 0.0509. The maximum Gasteiger partial charge on any atom is 0.358 e. The Hall–Kier alpha value is -2.20. The predicted octanol–water partition coefficient (Wildman–Crippen LogP) is 2.42. The lowest BCUT2D eigenvalue weighted by atomic mass is 10.5. The molecular formula is C14H14N4O4S2. The second-order valence-corrected chi connectivity index (χ2v) is 6.26. The van der Waals surface area contributed by atoms with Crippen molar-refractivity contribution < 1.29 is 19.1 Å².